The maximum absolute atomic E-state index is 5.91. The molecule has 0 saturated carbocycles. The molecule has 0 amide bonds. The number of nitrogen functional groups attached to an aromatic ring is 1. The van der Waals surface area contributed by atoms with Crippen molar-refractivity contribution in [2.45, 2.75) is 6.42 Å². The number of hydrogen-bond acceptors (Lipinski definition) is 2. The number of rotatable bonds is 2. The van der Waals surface area contributed by atoms with E-state index in [2.05, 4.69) is 4.98 Å². The zero-order valence-electron chi connectivity index (χ0n) is 8.56. The molecule has 0 saturated heterocycles. The molecule has 0 bridgehead atoms. The second-order valence-corrected chi connectivity index (χ2v) is 3.83. The van der Waals surface area contributed by atoms with E-state index in [1.54, 1.807) is 6.20 Å². The van der Waals surface area contributed by atoms with Crippen LogP contribution in [0.3, 0.4) is 0 Å². The van der Waals surface area contributed by atoms with Crippen LogP contribution in [0.25, 0.3) is 0 Å². The van der Waals surface area contributed by atoms with E-state index in [1.807, 2.05) is 36.4 Å². The topological polar surface area (TPSA) is 38.9 Å². The summed E-state index contributed by atoms with van der Waals surface area (Å²) in [4.78, 5) is 3.95. The van der Waals surface area contributed by atoms with Gasteiger partial charge in [-0.1, -0.05) is 23.7 Å². The largest absolute Gasteiger partial charge is 0.384 e. The van der Waals surface area contributed by atoms with E-state index in [-0.39, 0.29) is 12.4 Å². The molecule has 1 aromatic heterocycles. The van der Waals surface area contributed by atoms with E-state index in [0.29, 0.717) is 5.82 Å². The molecule has 4 heteroatoms. The van der Waals surface area contributed by atoms with Gasteiger partial charge in [-0.25, -0.2) is 4.98 Å². The number of halogens is 2. The van der Waals surface area contributed by atoms with Gasteiger partial charge in [0.2, 0.25) is 0 Å². The second kappa shape index (κ2) is 5.73. The number of nitrogens with two attached hydrogens (primary N) is 1. The van der Waals surface area contributed by atoms with E-state index >= 15 is 0 Å². The molecule has 2 N–H and O–H groups in total. The van der Waals surface area contributed by atoms with Crippen LogP contribution in [0, 0.1) is 0 Å². The Morgan fingerprint density at radius 2 is 1.88 bits per heavy atom. The van der Waals surface area contributed by atoms with Crippen LogP contribution < -0.4 is 5.73 Å². The van der Waals surface area contributed by atoms with Crippen LogP contribution in [0.4, 0.5) is 5.82 Å². The Morgan fingerprint density at radius 3 is 2.56 bits per heavy atom. The minimum atomic E-state index is 0. The Balaban J connectivity index is 0.00000128. The first-order valence-corrected chi connectivity index (χ1v) is 5.07. The van der Waals surface area contributed by atoms with E-state index in [4.69, 9.17) is 17.3 Å². The lowest BCUT2D eigenvalue weighted by molar-refractivity contribution is 1.17. The SMILES string of the molecule is Cl.Nc1cc(Cc2cccc(Cl)c2)ccn1. The van der Waals surface area contributed by atoms with Gasteiger partial charge in [-0.2, -0.15) is 0 Å². The average molecular weight is 255 g/mol. The summed E-state index contributed by atoms with van der Waals surface area (Å²) < 4.78 is 0. The summed E-state index contributed by atoms with van der Waals surface area (Å²) in [5, 5.41) is 0.759. The van der Waals surface area contributed by atoms with Crippen LogP contribution in [-0.2, 0) is 6.42 Å². The molecule has 2 rings (SSSR count). The van der Waals surface area contributed by atoms with E-state index in [0.717, 1.165) is 17.0 Å². The monoisotopic (exact) mass is 254 g/mol. The van der Waals surface area contributed by atoms with Crippen molar-refractivity contribution in [1.82, 2.24) is 4.98 Å². The third-order valence-electron chi connectivity index (χ3n) is 2.14. The molecule has 2 nitrogen and oxygen atoms in total. The number of nitrogens with zero attached hydrogens (tertiary/aromatic N) is 1. The van der Waals surface area contributed by atoms with Gasteiger partial charge in [-0.05, 0) is 41.8 Å². The third-order valence-corrected chi connectivity index (χ3v) is 2.38. The van der Waals surface area contributed by atoms with E-state index in [9.17, 15) is 0 Å². The first-order valence-electron chi connectivity index (χ1n) is 4.69. The Bertz CT molecular complexity index is 429. The fourth-order valence-corrected chi connectivity index (χ4v) is 1.70. The fourth-order valence-electron chi connectivity index (χ4n) is 1.49. The highest BCUT2D eigenvalue weighted by atomic mass is 35.5. The van der Waals surface area contributed by atoms with E-state index in [1.165, 1.54) is 5.56 Å². The molecule has 0 spiro atoms. The summed E-state index contributed by atoms with van der Waals surface area (Å²) in [5.41, 5.74) is 7.92. The maximum Gasteiger partial charge on any atom is 0.123 e. The van der Waals surface area contributed by atoms with Crippen LogP contribution in [0.5, 0.6) is 0 Å². The Labute approximate surface area is 106 Å². The van der Waals surface area contributed by atoms with Gasteiger partial charge in [-0.15, -0.1) is 12.4 Å². The molecule has 0 atom stereocenters. The summed E-state index contributed by atoms with van der Waals surface area (Å²) >= 11 is 5.91. The predicted molar refractivity (Wildman–Crippen MR) is 70.2 cm³/mol. The fraction of sp³-hybridized carbons (Fsp3) is 0.0833. The van der Waals surface area contributed by atoms with Gasteiger partial charge in [0.15, 0.2) is 0 Å². The Kier molecular flexibility index (Phi) is 4.59. The highest BCUT2D eigenvalue weighted by molar-refractivity contribution is 6.30. The van der Waals surface area contributed by atoms with Crippen LogP contribution in [-0.4, -0.2) is 4.98 Å². The van der Waals surface area contributed by atoms with Gasteiger partial charge < -0.3 is 5.73 Å². The Hall–Kier alpha value is -1.25. The molecular weight excluding hydrogens is 243 g/mol. The maximum atomic E-state index is 5.91. The molecule has 0 radical (unpaired) electrons. The average Bonchev–Trinajstić information content (AvgIpc) is 2.17. The van der Waals surface area contributed by atoms with E-state index < -0.39 is 0 Å². The van der Waals surface area contributed by atoms with Crippen molar-refractivity contribution in [3.05, 3.63) is 58.7 Å². The van der Waals surface area contributed by atoms with Crippen molar-refractivity contribution in [3.63, 3.8) is 0 Å². The lowest BCUT2D eigenvalue weighted by atomic mass is 10.1. The van der Waals surface area contributed by atoms with Crippen molar-refractivity contribution in [2.75, 3.05) is 5.73 Å². The molecular formula is C12H12Cl2N2. The number of benzene rings is 1. The first-order chi connectivity index (χ1) is 7.24. The summed E-state index contributed by atoms with van der Waals surface area (Å²) in [6, 6.07) is 11.6. The molecule has 2 aromatic rings. The molecule has 0 aliphatic carbocycles. The smallest absolute Gasteiger partial charge is 0.123 e. The Morgan fingerprint density at radius 1 is 1.12 bits per heavy atom. The van der Waals surface area contributed by atoms with Crippen LogP contribution in [0.2, 0.25) is 5.02 Å². The van der Waals surface area contributed by atoms with Crippen molar-refractivity contribution in [3.8, 4) is 0 Å². The number of pyridine rings is 1. The quantitative estimate of drug-likeness (QED) is 0.893. The third kappa shape index (κ3) is 3.40. The minimum Gasteiger partial charge on any atom is -0.384 e. The highest BCUT2D eigenvalue weighted by Gasteiger charge is 1.98. The van der Waals surface area contributed by atoms with Gasteiger partial charge in [0, 0.05) is 11.2 Å². The van der Waals surface area contributed by atoms with Crippen molar-refractivity contribution in [2.24, 2.45) is 0 Å². The summed E-state index contributed by atoms with van der Waals surface area (Å²) in [6.07, 6.45) is 2.54. The van der Waals surface area contributed by atoms with Crippen LogP contribution in [0.1, 0.15) is 11.1 Å². The molecule has 1 aromatic carbocycles. The summed E-state index contributed by atoms with van der Waals surface area (Å²) in [7, 11) is 0. The lowest BCUT2D eigenvalue weighted by Gasteiger charge is -2.02. The lowest BCUT2D eigenvalue weighted by Crippen LogP contribution is -1.93. The molecule has 16 heavy (non-hydrogen) atoms. The molecule has 1 heterocycles. The predicted octanol–water partition coefficient (Wildman–Crippen LogP) is 3.33. The second-order valence-electron chi connectivity index (χ2n) is 3.40. The van der Waals surface area contributed by atoms with Gasteiger partial charge in [0.25, 0.3) is 0 Å². The van der Waals surface area contributed by atoms with Crippen molar-refractivity contribution < 1.29 is 0 Å². The molecule has 0 aliphatic heterocycles. The molecule has 84 valence electrons. The van der Waals surface area contributed by atoms with Gasteiger partial charge in [0.05, 0.1) is 0 Å². The molecule has 0 fully saturated rings. The van der Waals surface area contributed by atoms with Crippen LogP contribution >= 0.6 is 24.0 Å². The zero-order valence-corrected chi connectivity index (χ0v) is 10.1. The minimum absolute atomic E-state index is 0. The van der Waals surface area contributed by atoms with Gasteiger partial charge in [-0.3, -0.25) is 0 Å². The standard InChI is InChI=1S/C12H11ClN2.ClH/c13-11-3-1-2-9(7-11)6-10-4-5-15-12(14)8-10;/h1-5,7-8H,6H2,(H2,14,15);1H. The first kappa shape index (κ1) is 12.8. The summed E-state index contributed by atoms with van der Waals surface area (Å²) in [6.45, 7) is 0. The number of hydrogen-bond donors (Lipinski definition) is 1. The van der Waals surface area contributed by atoms with Gasteiger partial charge >= 0.3 is 0 Å². The molecule has 0 aliphatic rings. The number of anilines is 1. The summed E-state index contributed by atoms with van der Waals surface area (Å²) in [5.74, 6) is 0.550. The van der Waals surface area contributed by atoms with Crippen LogP contribution in [0.15, 0.2) is 42.6 Å². The normalized spacial score (nSPS) is 9.56. The van der Waals surface area contributed by atoms with Crippen molar-refractivity contribution >= 4 is 29.8 Å². The van der Waals surface area contributed by atoms with Gasteiger partial charge in [0.1, 0.15) is 5.82 Å². The number of aromatic nitrogens is 1. The highest BCUT2D eigenvalue weighted by Crippen LogP contribution is 2.15. The van der Waals surface area contributed by atoms with Crippen molar-refractivity contribution in [1.29, 1.82) is 0 Å². The zero-order chi connectivity index (χ0) is 10.7. The molecule has 0 unspecified atom stereocenters.